The van der Waals surface area contributed by atoms with Gasteiger partial charge in [-0.05, 0) is 0 Å². The van der Waals surface area contributed by atoms with Crippen molar-refractivity contribution in [3.05, 3.63) is 0 Å². The fraction of sp³-hybridized carbons (Fsp3) is 0.857. The van der Waals surface area contributed by atoms with Crippen molar-refractivity contribution in [2.75, 3.05) is 13.2 Å². The molecular formula is C7H12O7. The molecule has 4 unspecified atom stereocenters. The van der Waals surface area contributed by atoms with Gasteiger partial charge >= 0.3 is 5.97 Å². The van der Waals surface area contributed by atoms with Crippen LogP contribution in [0.1, 0.15) is 0 Å². The maximum atomic E-state index is 10.7. The number of carbonyl (C=O) groups is 1. The summed E-state index contributed by atoms with van der Waals surface area (Å²) < 4.78 is 4.66. The van der Waals surface area contributed by atoms with Gasteiger partial charge in [-0.1, -0.05) is 0 Å². The molecule has 1 rings (SSSR count). The van der Waals surface area contributed by atoms with Gasteiger partial charge in [0.1, 0.15) is 18.3 Å². The Bertz CT molecular complexity index is 230. The lowest BCUT2D eigenvalue weighted by molar-refractivity contribution is -0.249. The van der Waals surface area contributed by atoms with E-state index in [1.165, 1.54) is 0 Å². The van der Waals surface area contributed by atoms with Crippen LogP contribution in [0.25, 0.3) is 0 Å². The minimum Gasteiger partial charge on any atom is -0.479 e. The Kier molecular flexibility index (Phi) is 3.07. The van der Waals surface area contributed by atoms with Gasteiger partial charge in [-0.25, -0.2) is 4.79 Å². The quantitative estimate of drug-likeness (QED) is 0.325. The molecule has 7 nitrogen and oxygen atoms in total. The summed E-state index contributed by atoms with van der Waals surface area (Å²) >= 11 is 0. The van der Waals surface area contributed by atoms with Crippen LogP contribution in [0.15, 0.2) is 0 Å². The molecule has 0 amide bonds. The number of rotatable bonds is 2. The van der Waals surface area contributed by atoms with Gasteiger partial charge in [0.05, 0.1) is 13.2 Å². The van der Waals surface area contributed by atoms with Gasteiger partial charge in [-0.3, -0.25) is 0 Å². The normalized spacial score (nSPS) is 43.6. The van der Waals surface area contributed by atoms with E-state index in [9.17, 15) is 15.0 Å². The fourth-order valence-corrected chi connectivity index (χ4v) is 1.30. The first-order chi connectivity index (χ1) is 6.45. The van der Waals surface area contributed by atoms with Crippen molar-refractivity contribution in [2.45, 2.75) is 23.9 Å². The maximum absolute atomic E-state index is 10.7. The lowest BCUT2D eigenvalue weighted by atomic mass is 9.88. The van der Waals surface area contributed by atoms with Crippen LogP contribution in [0, 0.1) is 0 Å². The summed E-state index contributed by atoms with van der Waals surface area (Å²) in [5, 5.41) is 45.2. The summed E-state index contributed by atoms with van der Waals surface area (Å²) in [5.74, 6) is -1.58. The lowest BCUT2D eigenvalue weighted by Crippen LogP contribution is -2.66. The smallest absolute Gasteiger partial charge is 0.341 e. The fourth-order valence-electron chi connectivity index (χ4n) is 1.30. The predicted molar refractivity (Wildman–Crippen MR) is 41.4 cm³/mol. The van der Waals surface area contributed by atoms with E-state index in [4.69, 9.17) is 15.3 Å². The zero-order valence-corrected chi connectivity index (χ0v) is 7.20. The van der Waals surface area contributed by atoms with Gasteiger partial charge in [0.2, 0.25) is 5.60 Å². The zero-order chi connectivity index (χ0) is 10.9. The van der Waals surface area contributed by atoms with Crippen LogP contribution < -0.4 is 0 Å². The van der Waals surface area contributed by atoms with Crippen molar-refractivity contribution in [3.63, 3.8) is 0 Å². The molecule has 4 atom stereocenters. The largest absolute Gasteiger partial charge is 0.479 e. The summed E-state index contributed by atoms with van der Waals surface area (Å²) in [7, 11) is 0. The summed E-state index contributed by atoms with van der Waals surface area (Å²) in [6.07, 6.45) is -4.87. The molecule has 82 valence electrons. The van der Waals surface area contributed by atoms with Crippen LogP contribution in [0.2, 0.25) is 0 Å². The van der Waals surface area contributed by atoms with Gasteiger partial charge in [0, 0.05) is 0 Å². The van der Waals surface area contributed by atoms with E-state index in [1.54, 1.807) is 0 Å². The van der Waals surface area contributed by atoms with Gasteiger partial charge in [-0.15, -0.1) is 0 Å². The van der Waals surface area contributed by atoms with E-state index in [1.807, 2.05) is 0 Å². The number of hydrogen-bond acceptors (Lipinski definition) is 6. The first-order valence-electron chi connectivity index (χ1n) is 3.98. The van der Waals surface area contributed by atoms with Crippen LogP contribution >= 0.6 is 0 Å². The Morgan fingerprint density at radius 1 is 1.43 bits per heavy atom. The van der Waals surface area contributed by atoms with E-state index in [2.05, 4.69) is 4.74 Å². The number of hydrogen-bond donors (Lipinski definition) is 5. The van der Waals surface area contributed by atoms with E-state index in [0.717, 1.165) is 0 Å². The summed E-state index contributed by atoms with van der Waals surface area (Å²) in [4.78, 5) is 10.7. The average Bonchev–Trinajstić information content (AvgIpc) is 2.15. The van der Waals surface area contributed by atoms with E-state index in [-0.39, 0.29) is 0 Å². The number of carboxylic acid groups (broad SMARTS) is 1. The molecule has 0 aliphatic carbocycles. The van der Waals surface area contributed by atoms with Crippen LogP contribution in [0.4, 0.5) is 0 Å². The third kappa shape index (κ3) is 1.49. The second-order valence-electron chi connectivity index (χ2n) is 3.17. The molecule has 7 heteroatoms. The third-order valence-electron chi connectivity index (χ3n) is 2.30. The van der Waals surface area contributed by atoms with Crippen LogP contribution in [0.3, 0.4) is 0 Å². The van der Waals surface area contributed by atoms with E-state index < -0.39 is 43.1 Å². The first-order valence-corrected chi connectivity index (χ1v) is 3.98. The highest BCUT2D eigenvalue weighted by molar-refractivity contribution is 5.79. The van der Waals surface area contributed by atoms with E-state index in [0.29, 0.717) is 0 Å². The molecule has 0 saturated carbocycles. The van der Waals surface area contributed by atoms with Gasteiger partial charge < -0.3 is 30.3 Å². The molecule has 0 spiro atoms. The van der Waals surface area contributed by atoms with E-state index >= 15 is 0 Å². The number of aliphatic carboxylic acids is 1. The standard InChI is InChI=1S/C7H12O7/c8-2-7(6(12)13)5(11)4(10)3(9)1-14-7/h3-5,8-11H,1-2H2,(H,12,13). The minimum atomic E-state index is -2.25. The molecule has 0 aromatic carbocycles. The molecule has 0 radical (unpaired) electrons. The molecule has 1 heterocycles. The molecular weight excluding hydrogens is 196 g/mol. The van der Waals surface area contributed by atoms with Gasteiger partial charge in [0.25, 0.3) is 0 Å². The molecule has 1 aliphatic heterocycles. The Morgan fingerprint density at radius 2 is 2.00 bits per heavy atom. The second-order valence-corrected chi connectivity index (χ2v) is 3.17. The molecule has 0 aromatic rings. The maximum Gasteiger partial charge on any atom is 0.341 e. The Balaban J connectivity index is 2.93. The van der Waals surface area contributed by atoms with Crippen LogP contribution in [0.5, 0.6) is 0 Å². The molecule has 5 N–H and O–H groups in total. The highest BCUT2D eigenvalue weighted by Gasteiger charge is 2.54. The Hall–Kier alpha value is -0.730. The molecule has 0 aromatic heterocycles. The molecule has 0 bridgehead atoms. The average molecular weight is 208 g/mol. The molecule has 1 aliphatic rings. The van der Waals surface area contributed by atoms with Gasteiger partial charge in [-0.2, -0.15) is 0 Å². The monoisotopic (exact) mass is 208 g/mol. The molecule has 1 saturated heterocycles. The van der Waals surface area contributed by atoms with Crippen molar-refractivity contribution < 1.29 is 35.1 Å². The highest BCUT2D eigenvalue weighted by atomic mass is 16.6. The number of aliphatic hydroxyl groups is 4. The van der Waals surface area contributed by atoms with Crippen LogP contribution in [-0.4, -0.2) is 68.6 Å². The molecule has 14 heavy (non-hydrogen) atoms. The lowest BCUT2D eigenvalue weighted by Gasteiger charge is -2.41. The summed E-state index contributed by atoms with van der Waals surface area (Å²) in [6, 6.07) is 0. The van der Waals surface area contributed by atoms with Gasteiger partial charge in [0.15, 0.2) is 0 Å². The number of ether oxygens (including phenoxy) is 1. The Labute approximate surface area is 79.2 Å². The molecule has 1 fully saturated rings. The second kappa shape index (κ2) is 3.79. The van der Waals surface area contributed by atoms with Crippen molar-refractivity contribution >= 4 is 5.97 Å². The summed E-state index contributed by atoms with van der Waals surface area (Å²) in [6.45, 7) is -1.43. The zero-order valence-electron chi connectivity index (χ0n) is 7.20. The minimum absolute atomic E-state index is 0.453. The highest BCUT2D eigenvalue weighted by Crippen LogP contribution is 2.26. The SMILES string of the molecule is O=C(O)C1(CO)OCC(O)C(O)C1O. The number of aliphatic hydroxyl groups excluding tert-OH is 4. The Morgan fingerprint density at radius 3 is 2.43 bits per heavy atom. The van der Waals surface area contributed by atoms with Crippen LogP contribution in [-0.2, 0) is 9.53 Å². The third-order valence-corrected chi connectivity index (χ3v) is 2.30. The van der Waals surface area contributed by atoms with Crippen molar-refractivity contribution in [1.82, 2.24) is 0 Å². The number of carboxylic acids is 1. The van der Waals surface area contributed by atoms with Crippen molar-refractivity contribution in [3.8, 4) is 0 Å². The first kappa shape index (κ1) is 11.3. The topological polar surface area (TPSA) is 127 Å². The summed E-state index contributed by atoms with van der Waals surface area (Å²) in [5.41, 5.74) is -2.25. The predicted octanol–water partition coefficient (Wildman–Crippen LogP) is -3.08. The van der Waals surface area contributed by atoms with Crippen molar-refractivity contribution in [1.29, 1.82) is 0 Å². The van der Waals surface area contributed by atoms with Crippen molar-refractivity contribution in [2.24, 2.45) is 0 Å².